The lowest BCUT2D eigenvalue weighted by Crippen LogP contribution is -2.60. The Bertz CT molecular complexity index is 877. The van der Waals surface area contributed by atoms with Gasteiger partial charge in [0, 0.05) is 30.9 Å². The zero-order valence-corrected chi connectivity index (χ0v) is 17.2. The molecule has 1 aromatic rings. The number of amides is 2. The summed E-state index contributed by atoms with van der Waals surface area (Å²) in [5, 5.41) is 10.1. The average Bonchev–Trinajstić information content (AvgIpc) is 3.07. The van der Waals surface area contributed by atoms with Gasteiger partial charge in [-0.3, -0.25) is 9.89 Å². The number of rotatable bonds is 2. The van der Waals surface area contributed by atoms with Gasteiger partial charge in [0.05, 0.1) is 30.5 Å². The van der Waals surface area contributed by atoms with E-state index in [1.54, 1.807) is 22.2 Å². The molecule has 0 radical (unpaired) electrons. The maximum atomic E-state index is 13.4. The number of likely N-dealkylation sites (tertiary alicyclic amines) is 1. The van der Waals surface area contributed by atoms with Crippen LogP contribution in [0.3, 0.4) is 0 Å². The lowest BCUT2D eigenvalue weighted by atomic mass is 9.77. The molecule has 156 valence electrons. The summed E-state index contributed by atoms with van der Waals surface area (Å²) < 4.78 is 5.45. The SMILES string of the molecule is CC1=CC(N)NC2=C1CN(c1cn[nH]c1)C(=O)C2C1CN(C(=O)OC(C)(C)C)C1. The molecule has 3 aliphatic heterocycles. The number of anilines is 1. The first-order valence-corrected chi connectivity index (χ1v) is 9.86. The van der Waals surface area contributed by atoms with Gasteiger partial charge in [-0.25, -0.2) is 4.79 Å². The average molecular weight is 400 g/mol. The number of nitrogens with one attached hydrogen (secondary N) is 2. The van der Waals surface area contributed by atoms with Crippen LogP contribution in [0.5, 0.6) is 0 Å². The van der Waals surface area contributed by atoms with Crippen molar-refractivity contribution < 1.29 is 14.3 Å². The van der Waals surface area contributed by atoms with Crippen molar-refractivity contribution in [3.8, 4) is 0 Å². The normalized spacial score (nSPS) is 25.3. The monoisotopic (exact) mass is 400 g/mol. The second-order valence-corrected chi connectivity index (χ2v) is 8.92. The molecular formula is C20H28N6O3. The largest absolute Gasteiger partial charge is 0.444 e. The third-order valence-corrected chi connectivity index (χ3v) is 5.54. The van der Waals surface area contributed by atoms with E-state index in [4.69, 9.17) is 10.5 Å². The Morgan fingerprint density at radius 2 is 2.07 bits per heavy atom. The van der Waals surface area contributed by atoms with Crippen LogP contribution in [-0.2, 0) is 9.53 Å². The number of nitrogens with two attached hydrogens (primary N) is 1. The summed E-state index contributed by atoms with van der Waals surface area (Å²) in [6, 6.07) is 0. The molecule has 4 N–H and O–H groups in total. The van der Waals surface area contributed by atoms with Crippen LogP contribution in [0.25, 0.3) is 0 Å². The van der Waals surface area contributed by atoms with E-state index >= 15 is 0 Å². The van der Waals surface area contributed by atoms with E-state index in [2.05, 4.69) is 15.5 Å². The van der Waals surface area contributed by atoms with Gasteiger partial charge in [0.25, 0.3) is 0 Å². The van der Waals surface area contributed by atoms with E-state index in [0.29, 0.717) is 19.6 Å². The van der Waals surface area contributed by atoms with Crippen LogP contribution < -0.4 is 16.0 Å². The molecular weight excluding hydrogens is 372 g/mol. The third-order valence-electron chi connectivity index (χ3n) is 5.54. The van der Waals surface area contributed by atoms with Crippen LogP contribution in [0.4, 0.5) is 10.5 Å². The van der Waals surface area contributed by atoms with Crippen LogP contribution in [0, 0.1) is 11.8 Å². The van der Waals surface area contributed by atoms with E-state index in [-0.39, 0.29) is 30.0 Å². The number of carbonyl (C=O) groups is 2. The van der Waals surface area contributed by atoms with E-state index in [9.17, 15) is 9.59 Å². The van der Waals surface area contributed by atoms with E-state index < -0.39 is 5.60 Å². The van der Waals surface area contributed by atoms with Crippen molar-refractivity contribution in [3.05, 3.63) is 35.3 Å². The second kappa shape index (κ2) is 6.91. The molecule has 0 saturated carbocycles. The molecule has 1 saturated heterocycles. The molecule has 1 aromatic heterocycles. The lowest BCUT2D eigenvalue weighted by Gasteiger charge is -2.48. The van der Waals surface area contributed by atoms with Gasteiger partial charge < -0.3 is 25.6 Å². The summed E-state index contributed by atoms with van der Waals surface area (Å²) in [7, 11) is 0. The molecule has 0 spiro atoms. The first-order valence-electron chi connectivity index (χ1n) is 9.86. The number of aromatic nitrogens is 2. The number of nitrogens with zero attached hydrogens (tertiary/aromatic N) is 3. The minimum atomic E-state index is -0.545. The van der Waals surface area contributed by atoms with Crippen molar-refractivity contribution in [2.24, 2.45) is 17.6 Å². The fraction of sp³-hybridized carbons (Fsp3) is 0.550. The quantitative estimate of drug-likeness (QED) is 0.690. The van der Waals surface area contributed by atoms with Crippen molar-refractivity contribution in [1.29, 1.82) is 0 Å². The van der Waals surface area contributed by atoms with Crippen molar-refractivity contribution in [2.45, 2.75) is 39.5 Å². The minimum Gasteiger partial charge on any atom is -0.444 e. The van der Waals surface area contributed by atoms with E-state index in [1.165, 1.54) is 0 Å². The molecule has 1 fully saturated rings. The van der Waals surface area contributed by atoms with Gasteiger partial charge >= 0.3 is 6.09 Å². The Hall–Kier alpha value is -2.81. The van der Waals surface area contributed by atoms with Gasteiger partial charge in [0.15, 0.2) is 0 Å². The van der Waals surface area contributed by atoms with Crippen molar-refractivity contribution in [2.75, 3.05) is 24.5 Å². The number of ether oxygens (including phenoxy) is 1. The smallest absolute Gasteiger partial charge is 0.410 e. The van der Waals surface area contributed by atoms with Crippen LogP contribution in [-0.4, -0.2) is 58.5 Å². The summed E-state index contributed by atoms with van der Waals surface area (Å²) in [6.45, 7) is 8.96. The van der Waals surface area contributed by atoms with Gasteiger partial charge in [-0.2, -0.15) is 5.10 Å². The van der Waals surface area contributed by atoms with Crippen molar-refractivity contribution in [3.63, 3.8) is 0 Å². The zero-order chi connectivity index (χ0) is 20.9. The molecule has 0 aliphatic carbocycles. The van der Waals surface area contributed by atoms with Crippen LogP contribution in [0.15, 0.2) is 35.3 Å². The predicted molar refractivity (Wildman–Crippen MR) is 108 cm³/mol. The third kappa shape index (κ3) is 3.62. The summed E-state index contributed by atoms with van der Waals surface area (Å²) in [4.78, 5) is 29.2. The molecule has 9 nitrogen and oxygen atoms in total. The molecule has 0 aromatic carbocycles. The minimum absolute atomic E-state index is 0.000296. The molecule has 29 heavy (non-hydrogen) atoms. The first kappa shape index (κ1) is 19.5. The molecule has 0 bridgehead atoms. The number of carbonyl (C=O) groups excluding carboxylic acids is 2. The summed E-state index contributed by atoms with van der Waals surface area (Å²) in [5.74, 6) is -0.393. The maximum Gasteiger partial charge on any atom is 0.410 e. The summed E-state index contributed by atoms with van der Waals surface area (Å²) >= 11 is 0. The molecule has 2 atom stereocenters. The van der Waals surface area contributed by atoms with Gasteiger partial charge in [-0.1, -0.05) is 0 Å². The topological polar surface area (TPSA) is 117 Å². The highest BCUT2D eigenvalue weighted by atomic mass is 16.6. The Labute approximate surface area is 169 Å². The highest BCUT2D eigenvalue weighted by molar-refractivity contribution is 5.99. The standard InChI is InChI=1S/C20H28N6O3/c1-11-5-15(21)24-17-14(11)10-26(13-6-22-23-7-13)18(27)16(17)12-8-25(9-12)19(28)29-20(2,3)4/h5-7,12,15-16,24H,8-10,21H2,1-4H3,(H,22,23). The second-order valence-electron chi connectivity index (χ2n) is 8.92. The molecule has 3 aliphatic rings. The number of aromatic amines is 1. The number of H-pyrrole nitrogens is 1. The lowest BCUT2D eigenvalue weighted by molar-refractivity contribution is -0.125. The fourth-order valence-corrected chi connectivity index (χ4v) is 4.15. The van der Waals surface area contributed by atoms with Gasteiger partial charge in [-0.05, 0) is 44.9 Å². The van der Waals surface area contributed by atoms with Gasteiger partial charge in [0.1, 0.15) is 5.60 Å². The van der Waals surface area contributed by atoms with Crippen LogP contribution in [0.2, 0.25) is 0 Å². The predicted octanol–water partition coefficient (Wildman–Crippen LogP) is 1.33. The zero-order valence-electron chi connectivity index (χ0n) is 17.2. The molecule has 4 rings (SSSR count). The molecule has 2 amide bonds. The molecule has 2 unspecified atom stereocenters. The van der Waals surface area contributed by atoms with Crippen molar-refractivity contribution >= 4 is 17.7 Å². The number of hydrogen-bond donors (Lipinski definition) is 3. The first-order chi connectivity index (χ1) is 13.6. The highest BCUT2D eigenvalue weighted by Crippen LogP contribution is 2.39. The van der Waals surface area contributed by atoms with Crippen molar-refractivity contribution in [1.82, 2.24) is 20.4 Å². The molecule has 9 heteroatoms. The highest BCUT2D eigenvalue weighted by Gasteiger charge is 2.48. The van der Waals surface area contributed by atoms with E-state index in [1.807, 2.05) is 33.8 Å². The Morgan fingerprint density at radius 1 is 1.34 bits per heavy atom. The number of hydrogen-bond acceptors (Lipinski definition) is 6. The Kier molecular flexibility index (Phi) is 4.65. The van der Waals surface area contributed by atoms with Crippen LogP contribution in [0.1, 0.15) is 27.7 Å². The Morgan fingerprint density at radius 3 is 2.69 bits per heavy atom. The van der Waals surface area contributed by atoms with Gasteiger partial charge in [0.2, 0.25) is 5.91 Å². The number of dihydropyridines is 1. The van der Waals surface area contributed by atoms with Gasteiger partial charge in [-0.15, -0.1) is 0 Å². The summed E-state index contributed by atoms with van der Waals surface area (Å²) in [6.07, 6.45) is 4.66. The maximum absolute atomic E-state index is 13.4. The van der Waals surface area contributed by atoms with Crippen LogP contribution >= 0.6 is 0 Å². The van der Waals surface area contributed by atoms with E-state index in [0.717, 1.165) is 22.5 Å². The fourth-order valence-electron chi connectivity index (χ4n) is 4.15. The molecule has 4 heterocycles. The summed E-state index contributed by atoms with van der Waals surface area (Å²) in [5.41, 5.74) is 9.35. The Balaban J connectivity index is 1.59.